The molecule has 3 atom stereocenters. The minimum atomic E-state index is -4.72. The Bertz CT molecular complexity index is 1070. The lowest BCUT2D eigenvalue weighted by Crippen LogP contribution is -2.34. The zero-order valence-corrected chi connectivity index (χ0v) is 37.1. The van der Waals surface area contributed by atoms with Crippen LogP contribution < -0.4 is 5.73 Å². The molecule has 0 aromatic rings. The molecule has 0 amide bonds. The fraction of sp³-hybridized carbons (Fsp3) is 0.844. The standard InChI is InChI=1S/C45H84NO10P/c1-3-5-7-9-11-13-15-17-19-20-21-23-24-26-28-30-32-34-36-43(47)53-38-41(39-54-57(51,52)55-40-42(46)45(49)50)56-44(48)37-35-33-31-29-27-25-22-18-16-14-12-10-8-6-4-2/h15,17-18,22,41-42H,3-14,16,19-21,23-40,46H2,1-2H3,(H,49,50)(H,51,52)/b17-15-,22-18-/t41-,42+/m1/s1. The van der Waals surface area contributed by atoms with E-state index in [0.29, 0.717) is 12.8 Å². The van der Waals surface area contributed by atoms with E-state index in [-0.39, 0.29) is 19.4 Å². The number of phosphoric acid groups is 1. The van der Waals surface area contributed by atoms with Gasteiger partial charge in [-0.15, -0.1) is 0 Å². The first kappa shape index (κ1) is 55.0. The van der Waals surface area contributed by atoms with Crippen LogP contribution in [0.15, 0.2) is 24.3 Å². The molecule has 11 nitrogen and oxygen atoms in total. The molecule has 57 heavy (non-hydrogen) atoms. The van der Waals surface area contributed by atoms with Crippen molar-refractivity contribution in [1.82, 2.24) is 0 Å². The number of allylic oxidation sites excluding steroid dienone is 4. The Hall–Kier alpha value is -2.04. The number of esters is 2. The van der Waals surface area contributed by atoms with Crippen LogP contribution in [-0.4, -0.2) is 59.9 Å². The van der Waals surface area contributed by atoms with Crippen molar-refractivity contribution in [2.75, 3.05) is 19.8 Å². The molecule has 0 aromatic carbocycles. The highest BCUT2D eigenvalue weighted by molar-refractivity contribution is 7.47. The number of carbonyl (C=O) groups is 3. The minimum absolute atomic E-state index is 0.153. The molecule has 0 aromatic heterocycles. The average molecular weight is 830 g/mol. The Morgan fingerprint density at radius 2 is 0.877 bits per heavy atom. The Morgan fingerprint density at radius 1 is 0.526 bits per heavy atom. The average Bonchev–Trinajstić information content (AvgIpc) is 3.19. The second kappa shape index (κ2) is 40.7. The van der Waals surface area contributed by atoms with E-state index in [1.807, 2.05) is 0 Å². The third-order valence-corrected chi connectivity index (χ3v) is 10.9. The summed E-state index contributed by atoms with van der Waals surface area (Å²) in [5.74, 6) is -2.38. The van der Waals surface area contributed by atoms with Gasteiger partial charge < -0.3 is 25.2 Å². The van der Waals surface area contributed by atoms with Gasteiger partial charge in [0, 0.05) is 12.8 Å². The van der Waals surface area contributed by atoms with Gasteiger partial charge in [-0.3, -0.25) is 23.4 Å². The summed E-state index contributed by atoms with van der Waals surface area (Å²) >= 11 is 0. The molecular weight excluding hydrogens is 745 g/mol. The van der Waals surface area contributed by atoms with E-state index >= 15 is 0 Å². The zero-order valence-electron chi connectivity index (χ0n) is 36.2. The van der Waals surface area contributed by atoms with Crippen LogP contribution in [0.1, 0.15) is 213 Å². The molecule has 0 bridgehead atoms. The molecule has 334 valence electrons. The Balaban J connectivity index is 4.32. The lowest BCUT2D eigenvalue weighted by molar-refractivity contribution is -0.161. The molecule has 0 aliphatic carbocycles. The van der Waals surface area contributed by atoms with Gasteiger partial charge in [0.15, 0.2) is 6.10 Å². The van der Waals surface area contributed by atoms with Crippen LogP contribution in [0.4, 0.5) is 0 Å². The van der Waals surface area contributed by atoms with Gasteiger partial charge >= 0.3 is 25.7 Å². The van der Waals surface area contributed by atoms with Crippen LogP contribution in [0.3, 0.4) is 0 Å². The van der Waals surface area contributed by atoms with Crippen LogP contribution in [0.5, 0.6) is 0 Å². The number of ether oxygens (including phenoxy) is 2. The van der Waals surface area contributed by atoms with E-state index in [1.165, 1.54) is 116 Å². The molecule has 0 radical (unpaired) electrons. The van der Waals surface area contributed by atoms with Crippen molar-refractivity contribution in [1.29, 1.82) is 0 Å². The largest absolute Gasteiger partial charge is 0.480 e. The van der Waals surface area contributed by atoms with Crippen molar-refractivity contribution in [2.45, 2.75) is 225 Å². The highest BCUT2D eigenvalue weighted by Gasteiger charge is 2.28. The van der Waals surface area contributed by atoms with Crippen molar-refractivity contribution >= 4 is 25.7 Å². The van der Waals surface area contributed by atoms with Crippen LogP contribution >= 0.6 is 7.82 Å². The maximum absolute atomic E-state index is 12.6. The van der Waals surface area contributed by atoms with Crippen molar-refractivity contribution in [2.24, 2.45) is 5.73 Å². The number of carboxylic acids is 1. The molecule has 0 spiro atoms. The van der Waals surface area contributed by atoms with Gasteiger partial charge in [-0.1, -0.05) is 160 Å². The molecule has 0 aliphatic rings. The zero-order chi connectivity index (χ0) is 42.1. The summed E-state index contributed by atoms with van der Waals surface area (Å²) in [6.07, 6.45) is 42.4. The van der Waals surface area contributed by atoms with Crippen LogP contribution in [0, 0.1) is 0 Å². The molecule has 0 aliphatic heterocycles. The summed E-state index contributed by atoms with van der Waals surface area (Å²) < 4.78 is 32.7. The number of hydrogen-bond acceptors (Lipinski definition) is 9. The van der Waals surface area contributed by atoms with Crippen molar-refractivity contribution in [3.63, 3.8) is 0 Å². The number of nitrogens with two attached hydrogens (primary N) is 1. The van der Waals surface area contributed by atoms with Crippen LogP contribution in [-0.2, 0) is 37.5 Å². The Kier molecular flexibility index (Phi) is 39.3. The maximum atomic E-state index is 12.6. The molecule has 4 N–H and O–H groups in total. The first-order chi connectivity index (χ1) is 27.6. The number of unbranched alkanes of at least 4 members (excludes halogenated alkanes) is 25. The first-order valence-electron chi connectivity index (χ1n) is 22.9. The van der Waals surface area contributed by atoms with Crippen molar-refractivity contribution in [3.05, 3.63) is 24.3 Å². The highest BCUT2D eigenvalue weighted by atomic mass is 31.2. The quantitative estimate of drug-likeness (QED) is 0.0231. The molecule has 12 heteroatoms. The molecule has 0 saturated heterocycles. The van der Waals surface area contributed by atoms with E-state index < -0.39 is 51.1 Å². The van der Waals surface area contributed by atoms with Gasteiger partial charge in [-0.2, -0.15) is 0 Å². The van der Waals surface area contributed by atoms with Gasteiger partial charge in [-0.25, -0.2) is 4.57 Å². The lowest BCUT2D eigenvalue weighted by Gasteiger charge is -2.20. The van der Waals surface area contributed by atoms with E-state index in [4.69, 9.17) is 24.8 Å². The third-order valence-electron chi connectivity index (χ3n) is 9.92. The third kappa shape index (κ3) is 40.5. The second-order valence-corrected chi connectivity index (χ2v) is 17.0. The van der Waals surface area contributed by atoms with E-state index in [1.54, 1.807) is 0 Å². The summed E-state index contributed by atoms with van der Waals surface area (Å²) in [6.45, 7) is 2.80. The Morgan fingerprint density at radius 3 is 1.28 bits per heavy atom. The SMILES string of the molecule is CCCCCCC/C=C\CCCCCCCCCCCC(=O)OC[C@H](COP(=O)(O)OC[C@H](N)C(=O)O)OC(=O)CCCCCCC/C=C\CCCCCCCC. The molecule has 1 unspecified atom stereocenters. The topological polar surface area (TPSA) is 172 Å². The maximum Gasteiger partial charge on any atom is 0.472 e. The fourth-order valence-corrected chi connectivity index (χ4v) is 7.07. The van der Waals surface area contributed by atoms with Gasteiger partial charge in [-0.05, 0) is 64.2 Å². The summed E-state index contributed by atoms with van der Waals surface area (Å²) in [5.41, 5.74) is 5.34. The lowest BCUT2D eigenvalue weighted by atomic mass is 10.1. The van der Waals surface area contributed by atoms with E-state index in [9.17, 15) is 23.8 Å². The predicted octanol–water partition coefficient (Wildman–Crippen LogP) is 12.2. The number of rotatable bonds is 43. The summed E-state index contributed by atoms with van der Waals surface area (Å²) in [6, 6.07) is -1.52. The van der Waals surface area contributed by atoms with Gasteiger partial charge in [0.25, 0.3) is 0 Å². The number of aliphatic carboxylic acids is 1. The van der Waals surface area contributed by atoms with E-state index in [0.717, 1.165) is 57.8 Å². The molecular formula is C45H84NO10P. The van der Waals surface area contributed by atoms with Crippen molar-refractivity contribution in [3.8, 4) is 0 Å². The summed E-state index contributed by atoms with van der Waals surface area (Å²) in [5, 5.41) is 8.89. The summed E-state index contributed by atoms with van der Waals surface area (Å²) in [7, 11) is -4.72. The van der Waals surface area contributed by atoms with Gasteiger partial charge in [0.2, 0.25) is 0 Å². The number of hydrogen-bond donors (Lipinski definition) is 3. The molecule has 0 fully saturated rings. The van der Waals surface area contributed by atoms with Crippen LogP contribution in [0.25, 0.3) is 0 Å². The first-order valence-corrected chi connectivity index (χ1v) is 24.4. The van der Waals surface area contributed by atoms with E-state index in [2.05, 4.69) is 42.7 Å². The second-order valence-electron chi connectivity index (χ2n) is 15.5. The monoisotopic (exact) mass is 830 g/mol. The number of carbonyl (C=O) groups excluding carboxylic acids is 2. The minimum Gasteiger partial charge on any atom is -0.480 e. The molecule has 0 heterocycles. The highest BCUT2D eigenvalue weighted by Crippen LogP contribution is 2.43. The molecule has 0 saturated carbocycles. The summed E-state index contributed by atoms with van der Waals surface area (Å²) in [4.78, 5) is 46.0. The number of phosphoric ester groups is 1. The van der Waals surface area contributed by atoms with Crippen molar-refractivity contribution < 1.29 is 47.5 Å². The predicted molar refractivity (Wildman–Crippen MR) is 231 cm³/mol. The van der Waals surface area contributed by atoms with Crippen LogP contribution in [0.2, 0.25) is 0 Å². The smallest absolute Gasteiger partial charge is 0.472 e. The van der Waals surface area contributed by atoms with Gasteiger partial charge in [0.05, 0.1) is 13.2 Å². The Labute approximate surface area is 347 Å². The van der Waals surface area contributed by atoms with Gasteiger partial charge in [0.1, 0.15) is 12.6 Å². The fourth-order valence-electron chi connectivity index (χ4n) is 6.29. The normalized spacial score (nSPS) is 13.9. The number of carboxylic acid groups (broad SMARTS) is 1. The molecule has 0 rings (SSSR count).